The summed E-state index contributed by atoms with van der Waals surface area (Å²) >= 11 is 12.1. The average Bonchev–Trinajstić information content (AvgIpc) is 2.28. The lowest BCUT2D eigenvalue weighted by atomic mass is 10.1. The predicted octanol–water partition coefficient (Wildman–Crippen LogP) is 3.38. The van der Waals surface area contributed by atoms with Crippen molar-refractivity contribution in [1.82, 2.24) is 9.97 Å². The molecule has 2 aromatic heterocycles. The second-order valence-electron chi connectivity index (χ2n) is 3.66. The first kappa shape index (κ1) is 10.6. The molecule has 0 aliphatic carbocycles. The molecule has 0 radical (unpaired) electrons. The van der Waals surface area contributed by atoms with Crippen molar-refractivity contribution in [3.05, 3.63) is 50.9 Å². The third-order valence-electron chi connectivity index (χ3n) is 2.63. The molecule has 2 heterocycles. The topological polar surface area (TPSA) is 45.8 Å². The van der Waals surface area contributed by atoms with Crippen LogP contribution < -0.4 is 5.56 Å². The van der Waals surface area contributed by atoms with E-state index in [0.29, 0.717) is 31.9 Å². The highest BCUT2D eigenvalue weighted by molar-refractivity contribution is 6.38. The molecule has 0 aliphatic heterocycles. The third-order valence-corrected chi connectivity index (χ3v) is 3.18. The van der Waals surface area contributed by atoms with Gasteiger partial charge in [-0.3, -0.25) is 4.79 Å². The number of rotatable bonds is 0. The van der Waals surface area contributed by atoms with Gasteiger partial charge in [-0.1, -0.05) is 23.2 Å². The lowest BCUT2D eigenvalue weighted by Crippen LogP contribution is -2.07. The zero-order valence-corrected chi connectivity index (χ0v) is 10.0. The van der Waals surface area contributed by atoms with E-state index in [0.717, 1.165) is 0 Å². The molecule has 0 unspecified atom stereocenters. The molecule has 0 bridgehead atoms. The molecule has 0 fully saturated rings. The molecule has 17 heavy (non-hydrogen) atoms. The van der Waals surface area contributed by atoms with Crippen LogP contribution in [0.4, 0.5) is 0 Å². The van der Waals surface area contributed by atoms with E-state index in [-0.39, 0.29) is 5.56 Å². The van der Waals surface area contributed by atoms with Gasteiger partial charge >= 0.3 is 0 Å². The number of fused-ring (bicyclic) bond motifs is 3. The SMILES string of the molecule is O=c1[nH]c2nccc(Cl)c2c2cc(Cl)ccc12. The molecule has 3 rings (SSSR count). The van der Waals surface area contributed by atoms with Gasteiger partial charge < -0.3 is 4.98 Å². The summed E-state index contributed by atoms with van der Waals surface area (Å²) < 4.78 is 0. The average molecular weight is 265 g/mol. The standard InChI is InChI=1S/C12H6Cl2N2O/c13-6-1-2-7-8(5-6)10-9(14)3-4-15-11(10)16-12(7)17/h1-5H,(H,15,16,17). The normalized spacial score (nSPS) is 11.2. The molecule has 0 aliphatic rings. The van der Waals surface area contributed by atoms with E-state index in [9.17, 15) is 4.79 Å². The van der Waals surface area contributed by atoms with Crippen LogP contribution in [0.1, 0.15) is 0 Å². The Hall–Kier alpha value is -1.58. The first-order valence-corrected chi connectivity index (χ1v) is 5.68. The van der Waals surface area contributed by atoms with Crippen LogP contribution in [0.25, 0.3) is 21.8 Å². The van der Waals surface area contributed by atoms with E-state index >= 15 is 0 Å². The van der Waals surface area contributed by atoms with Crippen molar-refractivity contribution >= 4 is 45.0 Å². The third kappa shape index (κ3) is 1.59. The van der Waals surface area contributed by atoms with Gasteiger partial charge in [0.2, 0.25) is 0 Å². The second kappa shape index (κ2) is 3.72. The van der Waals surface area contributed by atoms with Crippen molar-refractivity contribution in [1.29, 1.82) is 0 Å². The van der Waals surface area contributed by atoms with Gasteiger partial charge in [0, 0.05) is 27.4 Å². The summed E-state index contributed by atoms with van der Waals surface area (Å²) in [7, 11) is 0. The van der Waals surface area contributed by atoms with Crippen LogP contribution in [0, 0.1) is 0 Å². The molecule has 0 saturated heterocycles. The molecular formula is C12H6Cl2N2O. The van der Waals surface area contributed by atoms with Gasteiger partial charge in [-0.25, -0.2) is 4.98 Å². The van der Waals surface area contributed by atoms with E-state index in [2.05, 4.69) is 9.97 Å². The number of nitrogens with one attached hydrogen (secondary N) is 1. The first-order valence-electron chi connectivity index (χ1n) is 4.92. The maximum absolute atomic E-state index is 11.8. The molecule has 3 aromatic rings. The van der Waals surface area contributed by atoms with Gasteiger partial charge in [0.25, 0.3) is 5.56 Å². The Bertz CT molecular complexity index is 795. The molecule has 0 amide bonds. The summed E-state index contributed by atoms with van der Waals surface area (Å²) in [6, 6.07) is 6.76. The van der Waals surface area contributed by atoms with Gasteiger partial charge in [-0.05, 0) is 24.3 Å². The number of aromatic amines is 1. The summed E-state index contributed by atoms with van der Waals surface area (Å²) in [5.74, 6) is 0. The fourth-order valence-electron chi connectivity index (χ4n) is 1.89. The molecule has 0 spiro atoms. The van der Waals surface area contributed by atoms with Crippen LogP contribution in [0.2, 0.25) is 10.0 Å². The Morgan fingerprint density at radius 1 is 1.12 bits per heavy atom. The largest absolute Gasteiger partial charge is 0.306 e. The van der Waals surface area contributed by atoms with Gasteiger partial charge in [-0.2, -0.15) is 0 Å². The highest BCUT2D eigenvalue weighted by Crippen LogP contribution is 2.28. The first-order chi connectivity index (χ1) is 8.16. The summed E-state index contributed by atoms with van der Waals surface area (Å²) in [5, 5.41) is 3.08. The van der Waals surface area contributed by atoms with Gasteiger partial charge in [0.15, 0.2) is 0 Å². The summed E-state index contributed by atoms with van der Waals surface area (Å²) in [4.78, 5) is 18.6. The van der Waals surface area contributed by atoms with E-state index in [1.807, 2.05) is 0 Å². The summed E-state index contributed by atoms with van der Waals surface area (Å²) in [6.07, 6.45) is 1.55. The summed E-state index contributed by atoms with van der Waals surface area (Å²) in [6.45, 7) is 0. The smallest absolute Gasteiger partial charge is 0.257 e. The maximum Gasteiger partial charge on any atom is 0.257 e. The fourth-order valence-corrected chi connectivity index (χ4v) is 2.31. The monoisotopic (exact) mass is 264 g/mol. The minimum Gasteiger partial charge on any atom is -0.306 e. The minimum absolute atomic E-state index is 0.195. The number of benzene rings is 1. The number of hydrogen-bond donors (Lipinski definition) is 1. The van der Waals surface area contributed by atoms with Crippen LogP contribution in [-0.2, 0) is 0 Å². The number of pyridine rings is 2. The van der Waals surface area contributed by atoms with Crippen molar-refractivity contribution < 1.29 is 0 Å². The summed E-state index contributed by atoms with van der Waals surface area (Å²) in [5.41, 5.74) is 0.274. The maximum atomic E-state index is 11.8. The Labute approximate surface area is 106 Å². The minimum atomic E-state index is -0.195. The van der Waals surface area contributed by atoms with Crippen molar-refractivity contribution in [2.24, 2.45) is 0 Å². The number of aromatic nitrogens is 2. The lowest BCUT2D eigenvalue weighted by Gasteiger charge is -2.04. The predicted molar refractivity (Wildman–Crippen MR) is 69.9 cm³/mol. The van der Waals surface area contributed by atoms with Crippen LogP contribution >= 0.6 is 23.2 Å². The van der Waals surface area contributed by atoms with Crippen molar-refractivity contribution in [2.45, 2.75) is 0 Å². The van der Waals surface area contributed by atoms with Gasteiger partial charge in [0.1, 0.15) is 5.65 Å². The van der Waals surface area contributed by atoms with E-state index in [4.69, 9.17) is 23.2 Å². The van der Waals surface area contributed by atoms with Gasteiger partial charge in [0.05, 0.1) is 5.02 Å². The Kier molecular flexibility index (Phi) is 2.31. The molecule has 1 aromatic carbocycles. The zero-order chi connectivity index (χ0) is 12.0. The Morgan fingerprint density at radius 3 is 2.76 bits per heavy atom. The van der Waals surface area contributed by atoms with Crippen LogP contribution in [-0.4, -0.2) is 9.97 Å². The van der Waals surface area contributed by atoms with Gasteiger partial charge in [-0.15, -0.1) is 0 Å². The molecule has 0 atom stereocenters. The molecule has 3 nitrogen and oxygen atoms in total. The van der Waals surface area contributed by atoms with Crippen molar-refractivity contribution in [3.63, 3.8) is 0 Å². The number of nitrogens with zero attached hydrogens (tertiary/aromatic N) is 1. The van der Waals surface area contributed by atoms with Crippen LogP contribution in [0.3, 0.4) is 0 Å². The Morgan fingerprint density at radius 2 is 1.94 bits per heavy atom. The molecule has 1 N–H and O–H groups in total. The second-order valence-corrected chi connectivity index (χ2v) is 4.50. The number of halogens is 2. The van der Waals surface area contributed by atoms with Crippen LogP contribution in [0.5, 0.6) is 0 Å². The van der Waals surface area contributed by atoms with Crippen LogP contribution in [0.15, 0.2) is 35.3 Å². The molecule has 0 saturated carbocycles. The molecule has 84 valence electrons. The number of H-pyrrole nitrogens is 1. The lowest BCUT2D eigenvalue weighted by molar-refractivity contribution is 1.26. The molecule has 5 heteroatoms. The molecular weight excluding hydrogens is 259 g/mol. The highest BCUT2D eigenvalue weighted by Gasteiger charge is 2.09. The quantitative estimate of drug-likeness (QED) is 0.633. The van der Waals surface area contributed by atoms with E-state index in [1.165, 1.54) is 0 Å². The highest BCUT2D eigenvalue weighted by atomic mass is 35.5. The van der Waals surface area contributed by atoms with E-state index in [1.54, 1.807) is 30.5 Å². The zero-order valence-electron chi connectivity index (χ0n) is 8.50. The number of hydrogen-bond acceptors (Lipinski definition) is 2. The van der Waals surface area contributed by atoms with Crippen molar-refractivity contribution in [2.75, 3.05) is 0 Å². The Balaban J connectivity index is 2.70. The fraction of sp³-hybridized carbons (Fsp3) is 0. The van der Waals surface area contributed by atoms with E-state index < -0.39 is 0 Å². The van der Waals surface area contributed by atoms with Crippen molar-refractivity contribution in [3.8, 4) is 0 Å².